The number of nitrogens with two attached hydrogens (primary N) is 1. The van der Waals surface area contributed by atoms with Gasteiger partial charge in [-0.3, -0.25) is 0 Å². The molecule has 0 aromatic rings. The van der Waals surface area contributed by atoms with Gasteiger partial charge < -0.3 is 15.6 Å². The van der Waals surface area contributed by atoms with Gasteiger partial charge in [-0.1, -0.05) is 90.4 Å². The Morgan fingerprint density at radius 2 is 1.52 bits per heavy atom. The summed E-state index contributed by atoms with van der Waals surface area (Å²) in [4.78, 5) is 9.82. The van der Waals surface area contributed by atoms with E-state index in [0.717, 1.165) is 18.8 Å². The predicted octanol–water partition coefficient (Wildman–Crippen LogP) is 4.57. The van der Waals surface area contributed by atoms with Gasteiger partial charge >= 0.3 is 0 Å². The van der Waals surface area contributed by atoms with Crippen LogP contribution in [-0.4, -0.2) is 12.5 Å². The van der Waals surface area contributed by atoms with Gasteiger partial charge in [-0.15, -0.1) is 0 Å². The van der Waals surface area contributed by atoms with Gasteiger partial charge in [-0.2, -0.15) is 0 Å². The lowest BCUT2D eigenvalue weighted by Gasteiger charge is -2.13. The Balaban J connectivity index is 0.000000468. The van der Waals surface area contributed by atoms with Crippen molar-refractivity contribution in [2.24, 2.45) is 11.7 Å². The van der Waals surface area contributed by atoms with Crippen LogP contribution < -0.4 is 10.8 Å². The Bertz CT molecular complexity index is 248. The van der Waals surface area contributed by atoms with Gasteiger partial charge in [0.05, 0.1) is 0 Å². The number of hydrogen-bond acceptors (Lipinski definition) is 3. The van der Waals surface area contributed by atoms with Gasteiger partial charge in [0, 0.05) is 5.97 Å². The molecular weight excluding hydrogens is 286 g/mol. The van der Waals surface area contributed by atoms with E-state index in [9.17, 15) is 9.90 Å². The highest BCUT2D eigenvalue weighted by Crippen LogP contribution is 2.27. The molecule has 0 bridgehead atoms. The fourth-order valence-corrected chi connectivity index (χ4v) is 3.28. The summed E-state index contributed by atoms with van der Waals surface area (Å²) >= 11 is 0. The van der Waals surface area contributed by atoms with Crippen LogP contribution in [0.2, 0.25) is 0 Å². The summed E-state index contributed by atoms with van der Waals surface area (Å²) in [6.07, 6.45) is 20.6. The second kappa shape index (κ2) is 17.8. The fourth-order valence-electron chi connectivity index (χ4n) is 3.28. The van der Waals surface area contributed by atoms with Crippen LogP contribution in [0.4, 0.5) is 0 Å². The molecule has 1 aliphatic carbocycles. The highest BCUT2D eigenvalue weighted by atomic mass is 16.4. The Labute approximate surface area is 144 Å². The van der Waals surface area contributed by atoms with Crippen LogP contribution in [0.5, 0.6) is 0 Å². The van der Waals surface area contributed by atoms with E-state index in [1.165, 1.54) is 77.0 Å². The number of aliphatic carboxylic acids is 1. The van der Waals surface area contributed by atoms with Gasteiger partial charge in [-0.25, -0.2) is 0 Å². The molecule has 0 aliphatic heterocycles. The lowest BCUT2D eigenvalue weighted by Crippen LogP contribution is -2.21. The zero-order valence-electron chi connectivity index (χ0n) is 15.5. The van der Waals surface area contributed by atoms with Crippen LogP contribution in [0.15, 0.2) is 0 Å². The SMILES string of the molecule is CCCCCCCC1CCCCCC1.NCCCCCC(=O)[O-]. The number of carboxylic acid groups (broad SMARTS) is 1. The monoisotopic (exact) mass is 326 g/mol. The molecule has 23 heavy (non-hydrogen) atoms. The summed E-state index contributed by atoms with van der Waals surface area (Å²) in [5.74, 6) is 0.131. The van der Waals surface area contributed by atoms with Crippen molar-refractivity contribution in [1.29, 1.82) is 0 Å². The van der Waals surface area contributed by atoms with Gasteiger partial charge in [0.1, 0.15) is 0 Å². The molecule has 0 unspecified atom stereocenters. The average molecular weight is 327 g/mol. The second-order valence-corrected chi connectivity index (χ2v) is 7.03. The molecule has 0 radical (unpaired) electrons. The first-order valence-corrected chi connectivity index (χ1v) is 10.1. The molecule has 0 spiro atoms. The van der Waals surface area contributed by atoms with E-state index in [1.54, 1.807) is 0 Å². The first kappa shape index (κ1) is 22.4. The topological polar surface area (TPSA) is 66.2 Å². The maximum absolute atomic E-state index is 9.82. The molecule has 2 N–H and O–H groups in total. The minimum atomic E-state index is -0.966. The number of hydrogen-bond donors (Lipinski definition) is 1. The van der Waals surface area contributed by atoms with Crippen molar-refractivity contribution in [1.82, 2.24) is 0 Å². The van der Waals surface area contributed by atoms with E-state index in [0.29, 0.717) is 13.0 Å². The zero-order chi connectivity index (χ0) is 17.2. The summed E-state index contributed by atoms with van der Waals surface area (Å²) < 4.78 is 0. The molecule has 0 heterocycles. The summed E-state index contributed by atoms with van der Waals surface area (Å²) in [5, 5.41) is 9.82. The highest BCUT2D eigenvalue weighted by Gasteiger charge is 2.11. The lowest BCUT2D eigenvalue weighted by molar-refractivity contribution is -0.305. The van der Waals surface area contributed by atoms with Gasteiger partial charge in [0.25, 0.3) is 0 Å². The van der Waals surface area contributed by atoms with Crippen LogP contribution in [0.1, 0.15) is 110 Å². The standard InChI is InChI=1S/C14H28.C6H13NO2/c1-2-3-4-5-8-11-14-12-9-6-7-10-13-14;7-5-3-1-2-4-6(8)9/h14H,2-13H2,1H3;1-5,7H2,(H,8,9)/p-1. The molecule has 0 aromatic carbocycles. The second-order valence-electron chi connectivity index (χ2n) is 7.03. The lowest BCUT2D eigenvalue weighted by atomic mass is 9.93. The number of carboxylic acids is 1. The van der Waals surface area contributed by atoms with Crippen LogP contribution in [0.25, 0.3) is 0 Å². The van der Waals surface area contributed by atoms with Gasteiger partial charge in [0.2, 0.25) is 0 Å². The Hall–Kier alpha value is -0.570. The van der Waals surface area contributed by atoms with Crippen molar-refractivity contribution < 1.29 is 9.90 Å². The average Bonchev–Trinajstić information content (AvgIpc) is 2.81. The summed E-state index contributed by atoms with van der Waals surface area (Å²) in [6.45, 7) is 2.94. The van der Waals surface area contributed by atoms with Crippen LogP contribution >= 0.6 is 0 Å². The maximum Gasteiger partial charge on any atom is 0.0414 e. The Morgan fingerprint density at radius 1 is 0.913 bits per heavy atom. The quantitative estimate of drug-likeness (QED) is 0.446. The molecule has 0 saturated heterocycles. The molecule has 1 saturated carbocycles. The van der Waals surface area contributed by atoms with Crippen molar-refractivity contribution in [2.75, 3.05) is 6.54 Å². The van der Waals surface area contributed by atoms with Crippen molar-refractivity contribution in [2.45, 2.75) is 110 Å². The van der Waals surface area contributed by atoms with Crippen LogP contribution in [0, 0.1) is 5.92 Å². The Kier molecular flexibility index (Phi) is 17.3. The minimum absolute atomic E-state index is 0.167. The highest BCUT2D eigenvalue weighted by molar-refractivity contribution is 5.63. The van der Waals surface area contributed by atoms with Crippen molar-refractivity contribution in [3.8, 4) is 0 Å². The summed E-state index contributed by atoms with van der Waals surface area (Å²) in [6, 6.07) is 0. The summed E-state index contributed by atoms with van der Waals surface area (Å²) in [5.41, 5.74) is 5.18. The number of rotatable bonds is 11. The molecule has 0 atom stereocenters. The van der Waals surface area contributed by atoms with Crippen LogP contribution in [-0.2, 0) is 4.79 Å². The van der Waals surface area contributed by atoms with Gasteiger partial charge in [0.15, 0.2) is 0 Å². The van der Waals surface area contributed by atoms with E-state index in [2.05, 4.69) is 6.92 Å². The summed E-state index contributed by atoms with van der Waals surface area (Å²) in [7, 11) is 0. The molecule has 0 aromatic heterocycles. The predicted molar refractivity (Wildman–Crippen MR) is 97.1 cm³/mol. The smallest absolute Gasteiger partial charge is 0.0414 e. The van der Waals surface area contributed by atoms with E-state index in [-0.39, 0.29) is 6.42 Å². The third-order valence-electron chi connectivity index (χ3n) is 4.78. The minimum Gasteiger partial charge on any atom is -0.550 e. The van der Waals surface area contributed by atoms with E-state index < -0.39 is 5.97 Å². The van der Waals surface area contributed by atoms with Crippen molar-refractivity contribution in [3.05, 3.63) is 0 Å². The molecule has 1 fully saturated rings. The molecular formula is C20H40NO2-. The van der Waals surface area contributed by atoms with E-state index >= 15 is 0 Å². The van der Waals surface area contributed by atoms with E-state index in [1.807, 2.05) is 0 Å². The molecule has 3 heteroatoms. The van der Waals surface area contributed by atoms with Crippen molar-refractivity contribution >= 4 is 5.97 Å². The first-order chi connectivity index (χ1) is 11.2. The fraction of sp³-hybridized carbons (Fsp3) is 0.950. The number of carbonyl (C=O) groups is 1. The number of unbranched alkanes of at least 4 members (excludes halogenated alkanes) is 6. The van der Waals surface area contributed by atoms with Crippen molar-refractivity contribution in [3.63, 3.8) is 0 Å². The molecule has 3 nitrogen and oxygen atoms in total. The van der Waals surface area contributed by atoms with Crippen LogP contribution in [0.3, 0.4) is 0 Å². The molecule has 138 valence electrons. The zero-order valence-corrected chi connectivity index (χ0v) is 15.5. The van der Waals surface area contributed by atoms with E-state index in [4.69, 9.17) is 5.73 Å². The largest absolute Gasteiger partial charge is 0.550 e. The Morgan fingerprint density at radius 3 is 2.09 bits per heavy atom. The molecule has 0 amide bonds. The third-order valence-corrected chi connectivity index (χ3v) is 4.78. The molecule has 1 aliphatic rings. The van der Waals surface area contributed by atoms with Gasteiger partial charge in [-0.05, 0) is 31.7 Å². The third kappa shape index (κ3) is 17.6. The maximum atomic E-state index is 9.82. The first-order valence-electron chi connectivity index (χ1n) is 10.1. The number of carbonyl (C=O) groups excluding carboxylic acids is 1. The normalized spacial score (nSPS) is 15.6. The molecule has 1 rings (SSSR count).